The minimum absolute atomic E-state index is 0.0928. The van der Waals surface area contributed by atoms with Crippen LogP contribution in [0, 0.1) is 23.2 Å². The summed E-state index contributed by atoms with van der Waals surface area (Å²) < 4.78 is 9.86. The summed E-state index contributed by atoms with van der Waals surface area (Å²) in [6.07, 6.45) is 7.71. The molecule has 2 atom stereocenters. The fourth-order valence-electron chi connectivity index (χ4n) is 3.55. The SMILES string of the molecule is COC(=O)C1(C(=O)OC)C=C(C(C)C)[C@H]2C=CCC[C@H]21. The third-order valence-electron chi connectivity index (χ3n) is 4.50. The lowest BCUT2D eigenvalue weighted by Gasteiger charge is -2.33. The van der Waals surface area contributed by atoms with Crippen molar-refractivity contribution in [1.29, 1.82) is 0 Å². The van der Waals surface area contributed by atoms with Gasteiger partial charge >= 0.3 is 11.9 Å². The molecule has 4 heteroatoms. The zero-order valence-corrected chi connectivity index (χ0v) is 12.5. The Morgan fingerprint density at radius 1 is 1.25 bits per heavy atom. The Morgan fingerprint density at radius 3 is 2.35 bits per heavy atom. The van der Waals surface area contributed by atoms with E-state index in [1.54, 1.807) is 6.08 Å². The zero-order chi connectivity index (χ0) is 14.9. The highest BCUT2D eigenvalue weighted by Crippen LogP contribution is 2.53. The minimum Gasteiger partial charge on any atom is -0.468 e. The lowest BCUT2D eigenvalue weighted by molar-refractivity contribution is -0.169. The molecule has 2 aliphatic rings. The Balaban J connectivity index is 2.58. The van der Waals surface area contributed by atoms with Crippen LogP contribution in [0.5, 0.6) is 0 Å². The molecule has 0 aromatic carbocycles. The lowest BCUT2D eigenvalue weighted by Crippen LogP contribution is -2.45. The Labute approximate surface area is 119 Å². The molecule has 0 bridgehead atoms. The Kier molecular flexibility index (Phi) is 4.02. The fourth-order valence-corrected chi connectivity index (χ4v) is 3.55. The molecule has 0 saturated heterocycles. The maximum atomic E-state index is 12.4. The van der Waals surface area contributed by atoms with E-state index in [9.17, 15) is 9.59 Å². The Morgan fingerprint density at radius 2 is 1.85 bits per heavy atom. The third-order valence-corrected chi connectivity index (χ3v) is 4.50. The van der Waals surface area contributed by atoms with Crippen LogP contribution in [0.15, 0.2) is 23.8 Å². The predicted molar refractivity (Wildman–Crippen MR) is 74.7 cm³/mol. The van der Waals surface area contributed by atoms with Crippen molar-refractivity contribution in [2.45, 2.75) is 26.7 Å². The number of methoxy groups -OCH3 is 2. The molecular weight excluding hydrogens is 256 g/mol. The number of allylic oxidation sites excluding steroid dienone is 3. The van der Waals surface area contributed by atoms with Crippen molar-refractivity contribution in [3.05, 3.63) is 23.8 Å². The number of carbonyl (C=O) groups excluding carboxylic acids is 2. The van der Waals surface area contributed by atoms with Crippen LogP contribution in [0.2, 0.25) is 0 Å². The Bertz CT molecular complexity index is 457. The summed E-state index contributed by atoms with van der Waals surface area (Å²) >= 11 is 0. The van der Waals surface area contributed by atoms with Crippen LogP contribution in [0.4, 0.5) is 0 Å². The largest absolute Gasteiger partial charge is 0.468 e. The van der Waals surface area contributed by atoms with Gasteiger partial charge in [0.1, 0.15) is 0 Å². The van der Waals surface area contributed by atoms with Gasteiger partial charge in [0, 0.05) is 5.92 Å². The number of rotatable bonds is 3. The molecule has 0 unspecified atom stereocenters. The van der Waals surface area contributed by atoms with E-state index in [1.165, 1.54) is 14.2 Å². The number of carbonyl (C=O) groups is 2. The van der Waals surface area contributed by atoms with Gasteiger partial charge in [0.2, 0.25) is 0 Å². The Hall–Kier alpha value is -1.58. The lowest BCUT2D eigenvalue weighted by atomic mass is 9.69. The standard InChI is InChI=1S/C16H22O4/c1-10(2)12-9-16(14(17)19-3,15(18)20-4)13-8-6-5-7-11(12)13/h5,7,9-11,13H,6,8H2,1-4H3/t11-,13-/m1/s1. The van der Waals surface area contributed by atoms with Crippen LogP contribution < -0.4 is 0 Å². The molecule has 2 rings (SSSR count). The fraction of sp³-hybridized carbons (Fsp3) is 0.625. The summed E-state index contributed by atoms with van der Waals surface area (Å²) in [6, 6.07) is 0. The van der Waals surface area contributed by atoms with Crippen LogP contribution >= 0.6 is 0 Å². The minimum atomic E-state index is -1.28. The summed E-state index contributed by atoms with van der Waals surface area (Å²) in [5.74, 6) is -0.705. The van der Waals surface area contributed by atoms with Crippen LogP contribution in [0.1, 0.15) is 26.7 Å². The molecule has 0 radical (unpaired) electrons. The molecule has 0 spiro atoms. The van der Waals surface area contributed by atoms with Crippen LogP contribution in [0.25, 0.3) is 0 Å². The third kappa shape index (κ3) is 1.98. The first-order chi connectivity index (χ1) is 9.48. The van der Waals surface area contributed by atoms with Gasteiger partial charge in [-0.25, -0.2) is 0 Å². The summed E-state index contributed by atoms with van der Waals surface area (Å²) in [4.78, 5) is 24.7. The molecule has 4 nitrogen and oxygen atoms in total. The second kappa shape index (κ2) is 5.43. The molecule has 110 valence electrons. The summed E-state index contributed by atoms with van der Waals surface area (Å²) in [6.45, 7) is 4.16. The van der Waals surface area contributed by atoms with Crippen LogP contribution in [-0.2, 0) is 19.1 Å². The van der Waals surface area contributed by atoms with Crippen molar-refractivity contribution in [2.24, 2.45) is 23.2 Å². The van der Waals surface area contributed by atoms with Crippen LogP contribution in [0.3, 0.4) is 0 Å². The summed E-state index contributed by atoms with van der Waals surface area (Å²) in [5, 5.41) is 0. The van der Waals surface area contributed by atoms with E-state index in [-0.39, 0.29) is 17.8 Å². The first kappa shape index (κ1) is 14.8. The highest BCUT2D eigenvalue weighted by Gasteiger charge is 2.59. The van der Waals surface area contributed by atoms with Crippen molar-refractivity contribution in [2.75, 3.05) is 14.2 Å². The van der Waals surface area contributed by atoms with E-state index in [0.29, 0.717) is 0 Å². The average molecular weight is 278 g/mol. The van der Waals surface area contributed by atoms with E-state index in [0.717, 1.165) is 18.4 Å². The highest BCUT2D eigenvalue weighted by atomic mass is 16.5. The molecule has 0 aliphatic heterocycles. The van der Waals surface area contributed by atoms with Crippen molar-refractivity contribution < 1.29 is 19.1 Å². The maximum absolute atomic E-state index is 12.4. The number of esters is 2. The first-order valence-electron chi connectivity index (χ1n) is 7.05. The highest BCUT2D eigenvalue weighted by molar-refractivity contribution is 6.03. The van der Waals surface area contributed by atoms with Crippen LogP contribution in [-0.4, -0.2) is 26.2 Å². The van der Waals surface area contributed by atoms with Gasteiger partial charge in [-0.05, 0) is 24.7 Å². The number of ether oxygens (including phenoxy) is 2. The van der Waals surface area contributed by atoms with Crippen molar-refractivity contribution >= 4 is 11.9 Å². The smallest absolute Gasteiger partial charge is 0.327 e. The van der Waals surface area contributed by atoms with Gasteiger partial charge in [-0.15, -0.1) is 0 Å². The van der Waals surface area contributed by atoms with E-state index >= 15 is 0 Å². The van der Waals surface area contributed by atoms with Gasteiger partial charge in [0.05, 0.1) is 14.2 Å². The molecule has 2 aliphatic carbocycles. The van der Waals surface area contributed by atoms with Gasteiger partial charge in [-0.3, -0.25) is 9.59 Å². The topological polar surface area (TPSA) is 52.6 Å². The van der Waals surface area contributed by atoms with Crippen molar-refractivity contribution in [3.63, 3.8) is 0 Å². The van der Waals surface area contributed by atoms with E-state index in [2.05, 4.69) is 26.0 Å². The molecule has 0 aromatic rings. The van der Waals surface area contributed by atoms with E-state index < -0.39 is 17.4 Å². The summed E-state index contributed by atoms with van der Waals surface area (Å²) in [7, 11) is 2.64. The quantitative estimate of drug-likeness (QED) is 0.452. The second-order valence-electron chi connectivity index (χ2n) is 5.79. The van der Waals surface area contributed by atoms with Gasteiger partial charge < -0.3 is 9.47 Å². The van der Waals surface area contributed by atoms with Gasteiger partial charge in [0.25, 0.3) is 0 Å². The molecule has 0 amide bonds. The average Bonchev–Trinajstić information content (AvgIpc) is 2.82. The first-order valence-corrected chi connectivity index (χ1v) is 7.05. The molecule has 20 heavy (non-hydrogen) atoms. The van der Waals surface area contributed by atoms with Crippen molar-refractivity contribution in [3.8, 4) is 0 Å². The summed E-state index contributed by atoms with van der Waals surface area (Å²) in [5.41, 5.74) is -0.153. The predicted octanol–water partition coefficient (Wildman–Crippen LogP) is 2.50. The molecule has 0 fully saturated rings. The molecule has 0 aromatic heterocycles. The maximum Gasteiger partial charge on any atom is 0.327 e. The van der Waals surface area contributed by atoms with Gasteiger partial charge in [-0.1, -0.05) is 37.6 Å². The number of hydrogen-bond acceptors (Lipinski definition) is 4. The second-order valence-corrected chi connectivity index (χ2v) is 5.79. The van der Waals surface area contributed by atoms with Gasteiger partial charge in [-0.2, -0.15) is 0 Å². The number of fused-ring (bicyclic) bond motifs is 1. The monoisotopic (exact) mass is 278 g/mol. The van der Waals surface area contributed by atoms with E-state index in [4.69, 9.17) is 9.47 Å². The molecule has 0 heterocycles. The van der Waals surface area contributed by atoms with E-state index in [1.807, 2.05) is 0 Å². The molecular formula is C16H22O4. The molecule has 0 saturated carbocycles. The normalized spacial score (nSPS) is 26.9. The van der Waals surface area contributed by atoms with Gasteiger partial charge in [0.15, 0.2) is 5.41 Å². The molecule has 0 N–H and O–H groups in total. The zero-order valence-electron chi connectivity index (χ0n) is 12.5. The number of hydrogen-bond donors (Lipinski definition) is 0. The van der Waals surface area contributed by atoms with Crippen molar-refractivity contribution in [1.82, 2.24) is 0 Å².